The summed E-state index contributed by atoms with van der Waals surface area (Å²) in [6.45, 7) is 9.18. The van der Waals surface area contributed by atoms with Gasteiger partial charge in [-0.3, -0.25) is 0 Å². The molecule has 4 fully saturated rings. The van der Waals surface area contributed by atoms with Gasteiger partial charge in [0.15, 0.2) is 0 Å². The van der Waals surface area contributed by atoms with Crippen LogP contribution in [0, 0.1) is 35.5 Å². The van der Waals surface area contributed by atoms with Crippen LogP contribution in [0.4, 0.5) is 0 Å². The van der Waals surface area contributed by atoms with Crippen LogP contribution in [0.2, 0.25) is 0 Å². The van der Waals surface area contributed by atoms with E-state index in [0.29, 0.717) is 0 Å². The highest BCUT2D eigenvalue weighted by Crippen LogP contribution is 2.52. The maximum atomic E-state index is 4.18. The molecular weight excluding hydrogens is 290 g/mol. The van der Waals surface area contributed by atoms with Crippen molar-refractivity contribution in [2.45, 2.75) is 96.6 Å². The highest BCUT2D eigenvalue weighted by Gasteiger charge is 2.50. The van der Waals surface area contributed by atoms with Crippen molar-refractivity contribution in [3.05, 3.63) is 12.8 Å². The number of nitrogens with zero attached hydrogens (tertiary/aromatic N) is 1. The minimum atomic E-state index is 0.843. The maximum absolute atomic E-state index is 4.18. The van der Waals surface area contributed by atoms with Gasteiger partial charge in [-0.15, -0.1) is 0 Å². The average molecular weight is 330 g/mol. The van der Waals surface area contributed by atoms with Gasteiger partial charge in [-0.25, -0.2) is 0 Å². The Morgan fingerprint density at radius 1 is 0.875 bits per heavy atom. The molecule has 8 unspecified atom stereocenters. The molecule has 1 aliphatic heterocycles. The van der Waals surface area contributed by atoms with E-state index in [2.05, 4.69) is 31.5 Å². The van der Waals surface area contributed by atoms with Crippen molar-refractivity contribution < 1.29 is 0 Å². The fourth-order valence-corrected chi connectivity index (χ4v) is 7.36. The third-order valence-electron chi connectivity index (χ3n) is 8.52. The Hall–Kier alpha value is -0.460. The molecule has 1 nitrogen and oxygen atoms in total. The second-order valence-corrected chi connectivity index (χ2v) is 9.95. The molecule has 0 aromatic rings. The molecule has 0 N–H and O–H groups in total. The SMILES string of the molecule is C=CN1C2CCCCC2C2CC(CC3CCC(C)CC3C)CCC21. The van der Waals surface area contributed by atoms with E-state index in [1.54, 1.807) is 6.42 Å². The number of hydrogen-bond donors (Lipinski definition) is 0. The van der Waals surface area contributed by atoms with Gasteiger partial charge in [-0.05, 0) is 93.1 Å². The number of likely N-dealkylation sites (tertiary alicyclic amines) is 1. The summed E-state index contributed by atoms with van der Waals surface area (Å²) in [5.74, 6) is 5.99. The second-order valence-electron chi connectivity index (χ2n) is 9.95. The first-order valence-electron chi connectivity index (χ1n) is 11.1. The Kier molecular flexibility index (Phi) is 4.98. The van der Waals surface area contributed by atoms with Gasteiger partial charge in [0, 0.05) is 12.1 Å². The van der Waals surface area contributed by atoms with Crippen LogP contribution in [0.3, 0.4) is 0 Å². The Bertz CT molecular complexity index is 443. The third kappa shape index (κ3) is 3.06. The molecule has 0 bridgehead atoms. The van der Waals surface area contributed by atoms with E-state index in [9.17, 15) is 0 Å². The smallest absolute Gasteiger partial charge is 0.0319 e. The van der Waals surface area contributed by atoms with Crippen LogP contribution in [-0.2, 0) is 0 Å². The summed E-state index contributed by atoms with van der Waals surface area (Å²) in [5, 5.41) is 0. The minimum Gasteiger partial charge on any atom is -0.371 e. The monoisotopic (exact) mass is 329 g/mol. The molecule has 0 amide bonds. The maximum Gasteiger partial charge on any atom is 0.0319 e. The summed E-state index contributed by atoms with van der Waals surface area (Å²) in [5.41, 5.74) is 0. The van der Waals surface area contributed by atoms with Crippen LogP contribution < -0.4 is 0 Å². The van der Waals surface area contributed by atoms with Gasteiger partial charge >= 0.3 is 0 Å². The molecule has 3 saturated carbocycles. The molecule has 0 radical (unpaired) electrons. The Morgan fingerprint density at radius 2 is 1.67 bits per heavy atom. The zero-order chi connectivity index (χ0) is 16.7. The van der Waals surface area contributed by atoms with E-state index in [0.717, 1.165) is 47.6 Å². The summed E-state index contributed by atoms with van der Waals surface area (Å²) < 4.78 is 0. The van der Waals surface area contributed by atoms with Gasteiger partial charge in [0.1, 0.15) is 0 Å². The molecule has 1 heteroatoms. The topological polar surface area (TPSA) is 3.24 Å². The van der Waals surface area contributed by atoms with Crippen LogP contribution in [0.1, 0.15) is 84.5 Å². The van der Waals surface area contributed by atoms with Crippen LogP contribution in [0.25, 0.3) is 0 Å². The fraction of sp³-hybridized carbons (Fsp3) is 0.913. The molecule has 0 spiro atoms. The van der Waals surface area contributed by atoms with Gasteiger partial charge in [0.25, 0.3) is 0 Å². The Balaban J connectivity index is 1.40. The molecule has 4 rings (SSSR count). The normalized spacial score (nSPS) is 48.7. The lowest BCUT2D eigenvalue weighted by Gasteiger charge is -2.40. The van der Waals surface area contributed by atoms with E-state index in [1.165, 1.54) is 64.2 Å². The van der Waals surface area contributed by atoms with E-state index >= 15 is 0 Å². The lowest BCUT2D eigenvalue weighted by Crippen LogP contribution is -2.37. The fourth-order valence-electron chi connectivity index (χ4n) is 7.36. The zero-order valence-electron chi connectivity index (χ0n) is 16.1. The number of fused-ring (bicyclic) bond motifs is 3. The van der Waals surface area contributed by atoms with Crippen molar-refractivity contribution in [1.29, 1.82) is 0 Å². The van der Waals surface area contributed by atoms with Gasteiger partial charge in [-0.1, -0.05) is 39.7 Å². The van der Waals surface area contributed by atoms with Crippen LogP contribution in [0.15, 0.2) is 12.8 Å². The van der Waals surface area contributed by atoms with Gasteiger partial charge in [-0.2, -0.15) is 0 Å². The van der Waals surface area contributed by atoms with Crippen LogP contribution >= 0.6 is 0 Å². The Labute approximate surface area is 150 Å². The quantitative estimate of drug-likeness (QED) is 0.591. The van der Waals surface area contributed by atoms with E-state index < -0.39 is 0 Å². The lowest BCUT2D eigenvalue weighted by atomic mass is 9.66. The summed E-state index contributed by atoms with van der Waals surface area (Å²) in [6, 6.07) is 1.69. The lowest BCUT2D eigenvalue weighted by molar-refractivity contribution is 0.117. The van der Waals surface area contributed by atoms with Crippen molar-refractivity contribution in [1.82, 2.24) is 4.90 Å². The zero-order valence-corrected chi connectivity index (χ0v) is 16.1. The van der Waals surface area contributed by atoms with Gasteiger partial charge < -0.3 is 4.90 Å². The first kappa shape index (κ1) is 17.0. The van der Waals surface area contributed by atoms with Crippen LogP contribution in [0.5, 0.6) is 0 Å². The molecule has 24 heavy (non-hydrogen) atoms. The molecule has 3 aliphatic carbocycles. The molecule has 1 saturated heterocycles. The van der Waals surface area contributed by atoms with E-state index in [4.69, 9.17) is 0 Å². The molecule has 0 aromatic carbocycles. The van der Waals surface area contributed by atoms with E-state index in [-0.39, 0.29) is 0 Å². The number of rotatable bonds is 3. The first-order chi connectivity index (χ1) is 11.7. The Morgan fingerprint density at radius 3 is 2.46 bits per heavy atom. The van der Waals surface area contributed by atoms with Crippen molar-refractivity contribution in [2.75, 3.05) is 0 Å². The standard InChI is InChI=1S/C23H39N/c1-4-24-22-8-6-5-7-20(22)21-15-18(10-12-23(21)24)14-19-11-9-16(2)13-17(19)3/h4,16-23H,1,5-15H2,2-3H3. The first-order valence-corrected chi connectivity index (χ1v) is 11.1. The highest BCUT2D eigenvalue weighted by atomic mass is 15.2. The predicted octanol–water partition coefficient (Wildman–Crippen LogP) is 6.25. The summed E-state index contributed by atoms with van der Waals surface area (Å²) in [4.78, 5) is 2.72. The van der Waals surface area contributed by atoms with E-state index in [1.807, 2.05) is 0 Å². The molecule has 4 aliphatic rings. The molecule has 136 valence electrons. The van der Waals surface area contributed by atoms with Gasteiger partial charge in [0.2, 0.25) is 0 Å². The summed E-state index contributed by atoms with van der Waals surface area (Å²) >= 11 is 0. The van der Waals surface area contributed by atoms with Crippen LogP contribution in [-0.4, -0.2) is 17.0 Å². The summed E-state index contributed by atoms with van der Waals surface area (Å²) in [7, 11) is 0. The second kappa shape index (κ2) is 7.04. The average Bonchev–Trinajstić information content (AvgIpc) is 2.90. The van der Waals surface area contributed by atoms with Crippen molar-refractivity contribution in [3.8, 4) is 0 Å². The summed E-state index contributed by atoms with van der Waals surface area (Å²) in [6.07, 6.45) is 18.6. The van der Waals surface area contributed by atoms with Gasteiger partial charge in [0.05, 0.1) is 0 Å². The largest absolute Gasteiger partial charge is 0.371 e. The highest BCUT2D eigenvalue weighted by molar-refractivity contribution is 5.06. The van der Waals surface area contributed by atoms with Crippen molar-refractivity contribution >= 4 is 0 Å². The van der Waals surface area contributed by atoms with Crippen molar-refractivity contribution in [3.63, 3.8) is 0 Å². The molecule has 8 atom stereocenters. The molecule has 0 aromatic heterocycles. The predicted molar refractivity (Wildman–Crippen MR) is 103 cm³/mol. The van der Waals surface area contributed by atoms with Crippen molar-refractivity contribution in [2.24, 2.45) is 35.5 Å². The molecule has 1 heterocycles. The minimum absolute atomic E-state index is 0.843. The number of hydrogen-bond acceptors (Lipinski definition) is 1. The third-order valence-corrected chi connectivity index (χ3v) is 8.52. The molecular formula is C23H39N.